The third-order valence-electron chi connectivity index (χ3n) is 3.86. The van der Waals surface area contributed by atoms with Gasteiger partial charge in [-0.2, -0.15) is 0 Å². The SMILES string of the molecule is O=C1CC[C@H]2SOC[C@@H](OCc3ccccc3)[C@@H]2C1. The Morgan fingerprint density at radius 1 is 1.32 bits per heavy atom. The van der Waals surface area contributed by atoms with Gasteiger partial charge in [0.25, 0.3) is 0 Å². The van der Waals surface area contributed by atoms with Gasteiger partial charge >= 0.3 is 0 Å². The van der Waals surface area contributed by atoms with Crippen molar-refractivity contribution in [2.24, 2.45) is 5.92 Å². The Hall–Kier alpha value is -0.840. The van der Waals surface area contributed by atoms with E-state index in [2.05, 4.69) is 12.1 Å². The standard InChI is InChI=1S/C15H18O3S/c16-12-6-7-15-13(8-12)14(10-18-19-15)17-9-11-4-2-1-3-5-11/h1-5,13-15H,6-10H2/t13-,14+,15+/m0/s1. The van der Waals surface area contributed by atoms with Gasteiger partial charge in [-0.15, -0.1) is 0 Å². The van der Waals surface area contributed by atoms with Crippen LogP contribution in [0, 0.1) is 5.92 Å². The zero-order chi connectivity index (χ0) is 13.1. The molecule has 1 aromatic carbocycles. The fraction of sp³-hybridized carbons (Fsp3) is 0.533. The molecule has 1 aromatic rings. The molecule has 1 heterocycles. The highest BCUT2D eigenvalue weighted by Crippen LogP contribution is 2.39. The summed E-state index contributed by atoms with van der Waals surface area (Å²) in [5.41, 5.74) is 1.17. The summed E-state index contributed by atoms with van der Waals surface area (Å²) in [5.74, 6) is 0.695. The van der Waals surface area contributed by atoms with Crippen LogP contribution in [0.3, 0.4) is 0 Å². The van der Waals surface area contributed by atoms with E-state index < -0.39 is 0 Å². The van der Waals surface area contributed by atoms with Crippen molar-refractivity contribution in [1.29, 1.82) is 0 Å². The van der Waals surface area contributed by atoms with E-state index >= 15 is 0 Å². The van der Waals surface area contributed by atoms with E-state index in [1.165, 1.54) is 5.56 Å². The summed E-state index contributed by atoms with van der Waals surface area (Å²) in [7, 11) is 0. The van der Waals surface area contributed by atoms with E-state index in [1.54, 1.807) is 12.0 Å². The maximum Gasteiger partial charge on any atom is 0.133 e. The molecule has 2 fully saturated rings. The number of hydrogen-bond donors (Lipinski definition) is 0. The molecule has 3 rings (SSSR count). The molecule has 0 amide bonds. The van der Waals surface area contributed by atoms with Crippen LogP contribution >= 0.6 is 12.0 Å². The first-order valence-electron chi connectivity index (χ1n) is 6.78. The topological polar surface area (TPSA) is 35.5 Å². The molecule has 0 radical (unpaired) electrons. The van der Waals surface area contributed by atoms with Gasteiger partial charge in [-0.05, 0) is 24.0 Å². The molecular formula is C15H18O3S. The van der Waals surface area contributed by atoms with Gasteiger partial charge in [0.05, 0.1) is 19.3 Å². The molecule has 1 saturated carbocycles. The van der Waals surface area contributed by atoms with Crippen LogP contribution in [0.5, 0.6) is 0 Å². The summed E-state index contributed by atoms with van der Waals surface area (Å²) in [6.07, 6.45) is 2.33. The average Bonchev–Trinajstić information content (AvgIpc) is 2.46. The normalized spacial score (nSPS) is 30.9. The summed E-state index contributed by atoms with van der Waals surface area (Å²) in [6.45, 7) is 1.18. The minimum absolute atomic E-state index is 0.0516. The molecule has 3 atom stereocenters. The van der Waals surface area contributed by atoms with E-state index in [1.807, 2.05) is 18.2 Å². The maximum atomic E-state index is 11.6. The first kappa shape index (κ1) is 13.2. The van der Waals surface area contributed by atoms with Gasteiger partial charge in [-0.25, -0.2) is 0 Å². The van der Waals surface area contributed by atoms with Gasteiger partial charge in [-0.3, -0.25) is 4.79 Å². The smallest absolute Gasteiger partial charge is 0.133 e. The number of Topliss-reactive ketones (excluding diaryl/α,β-unsaturated/α-hetero) is 1. The quantitative estimate of drug-likeness (QED) is 0.796. The predicted octanol–water partition coefficient (Wildman–Crippen LogP) is 2.99. The Bertz CT molecular complexity index is 434. The van der Waals surface area contributed by atoms with Crippen LogP contribution in [0.2, 0.25) is 0 Å². The fourth-order valence-corrected chi connectivity index (χ4v) is 3.79. The molecule has 102 valence electrons. The van der Waals surface area contributed by atoms with Gasteiger partial charge < -0.3 is 8.92 Å². The number of fused-ring (bicyclic) bond motifs is 1. The van der Waals surface area contributed by atoms with Gasteiger partial charge in [0.2, 0.25) is 0 Å². The monoisotopic (exact) mass is 278 g/mol. The predicted molar refractivity (Wildman–Crippen MR) is 74.7 cm³/mol. The van der Waals surface area contributed by atoms with E-state index in [-0.39, 0.29) is 6.10 Å². The second-order valence-corrected chi connectivity index (χ2v) is 6.23. The second-order valence-electron chi connectivity index (χ2n) is 5.20. The molecule has 0 unspecified atom stereocenters. The zero-order valence-corrected chi connectivity index (χ0v) is 11.6. The lowest BCUT2D eigenvalue weighted by molar-refractivity contribution is -0.125. The highest BCUT2D eigenvalue weighted by Gasteiger charge is 2.39. The van der Waals surface area contributed by atoms with Crippen molar-refractivity contribution in [3.05, 3.63) is 35.9 Å². The first-order valence-corrected chi connectivity index (χ1v) is 7.59. The van der Waals surface area contributed by atoms with E-state index in [4.69, 9.17) is 8.92 Å². The van der Waals surface area contributed by atoms with Crippen molar-refractivity contribution in [2.45, 2.75) is 37.2 Å². The number of carbonyl (C=O) groups excluding carboxylic acids is 1. The molecule has 3 nitrogen and oxygen atoms in total. The lowest BCUT2D eigenvalue weighted by Crippen LogP contribution is -2.43. The molecule has 4 heteroatoms. The third-order valence-corrected chi connectivity index (χ3v) is 4.96. The summed E-state index contributed by atoms with van der Waals surface area (Å²) in [6, 6.07) is 10.1. The maximum absolute atomic E-state index is 11.6. The van der Waals surface area contributed by atoms with Crippen molar-refractivity contribution in [2.75, 3.05) is 6.61 Å². The number of benzene rings is 1. The molecular weight excluding hydrogens is 260 g/mol. The Balaban J connectivity index is 1.61. The molecule has 1 aliphatic heterocycles. The lowest BCUT2D eigenvalue weighted by atomic mass is 9.84. The van der Waals surface area contributed by atoms with Gasteiger partial charge in [0.15, 0.2) is 0 Å². The Labute approximate surface area is 117 Å². The largest absolute Gasteiger partial charge is 0.371 e. The molecule has 1 saturated heterocycles. The fourth-order valence-electron chi connectivity index (χ4n) is 2.77. The average molecular weight is 278 g/mol. The van der Waals surface area contributed by atoms with E-state index in [9.17, 15) is 4.79 Å². The molecule has 0 bridgehead atoms. The van der Waals surface area contributed by atoms with Crippen LogP contribution in [0.25, 0.3) is 0 Å². The third kappa shape index (κ3) is 3.19. The van der Waals surface area contributed by atoms with Gasteiger partial charge in [0.1, 0.15) is 5.78 Å². The number of ether oxygens (including phenoxy) is 1. The van der Waals surface area contributed by atoms with Crippen LogP contribution in [0.4, 0.5) is 0 Å². The summed E-state index contributed by atoms with van der Waals surface area (Å²) in [5, 5.41) is 0.423. The van der Waals surface area contributed by atoms with Crippen molar-refractivity contribution >= 4 is 17.8 Å². The summed E-state index contributed by atoms with van der Waals surface area (Å²) >= 11 is 1.54. The first-order chi connectivity index (χ1) is 9.33. The Morgan fingerprint density at radius 2 is 2.16 bits per heavy atom. The lowest BCUT2D eigenvalue weighted by Gasteiger charge is -2.39. The highest BCUT2D eigenvalue weighted by atomic mass is 32.2. The molecule has 0 aromatic heterocycles. The molecule has 0 spiro atoms. The number of hydrogen-bond acceptors (Lipinski definition) is 4. The van der Waals surface area contributed by atoms with Crippen LogP contribution in [-0.4, -0.2) is 23.7 Å². The Morgan fingerprint density at radius 3 is 3.00 bits per heavy atom. The minimum Gasteiger partial charge on any atom is -0.371 e. The zero-order valence-electron chi connectivity index (χ0n) is 10.8. The van der Waals surface area contributed by atoms with Gasteiger partial charge in [-0.1, -0.05) is 30.3 Å². The number of rotatable bonds is 3. The highest BCUT2D eigenvalue weighted by molar-refractivity contribution is 7.95. The van der Waals surface area contributed by atoms with Crippen molar-refractivity contribution in [1.82, 2.24) is 0 Å². The second kappa shape index (κ2) is 6.07. The number of carbonyl (C=O) groups is 1. The van der Waals surface area contributed by atoms with E-state index in [0.29, 0.717) is 43.0 Å². The summed E-state index contributed by atoms with van der Waals surface area (Å²) < 4.78 is 11.6. The van der Waals surface area contributed by atoms with Crippen LogP contribution < -0.4 is 0 Å². The summed E-state index contributed by atoms with van der Waals surface area (Å²) in [4.78, 5) is 11.6. The van der Waals surface area contributed by atoms with Gasteiger partial charge in [0, 0.05) is 24.0 Å². The number of ketones is 1. The minimum atomic E-state index is 0.0516. The molecule has 2 aliphatic rings. The molecule has 19 heavy (non-hydrogen) atoms. The van der Waals surface area contributed by atoms with Crippen LogP contribution in [0.15, 0.2) is 30.3 Å². The van der Waals surface area contributed by atoms with Crippen molar-refractivity contribution in [3.63, 3.8) is 0 Å². The van der Waals surface area contributed by atoms with Crippen molar-refractivity contribution in [3.8, 4) is 0 Å². The molecule has 1 aliphatic carbocycles. The van der Waals surface area contributed by atoms with E-state index in [0.717, 1.165) is 6.42 Å². The van der Waals surface area contributed by atoms with Crippen LogP contribution in [-0.2, 0) is 20.3 Å². The Kier molecular flexibility index (Phi) is 4.21. The van der Waals surface area contributed by atoms with Crippen molar-refractivity contribution < 1.29 is 13.7 Å². The van der Waals surface area contributed by atoms with Crippen LogP contribution in [0.1, 0.15) is 24.8 Å². The molecule has 0 N–H and O–H groups in total.